The van der Waals surface area contributed by atoms with E-state index >= 15 is 0 Å². The monoisotopic (exact) mass is 209 g/mol. The van der Waals surface area contributed by atoms with Gasteiger partial charge in [0.05, 0.1) is 0 Å². The van der Waals surface area contributed by atoms with E-state index in [1.165, 1.54) is 38.8 Å². The van der Waals surface area contributed by atoms with Crippen LogP contribution in [0.25, 0.3) is 0 Å². The summed E-state index contributed by atoms with van der Waals surface area (Å²) >= 11 is 0. The summed E-state index contributed by atoms with van der Waals surface area (Å²) < 4.78 is 0. The predicted octanol–water partition coefficient (Wildman–Crippen LogP) is 3.54. The van der Waals surface area contributed by atoms with Crippen molar-refractivity contribution in [1.82, 2.24) is 4.90 Å². The molecule has 88 valence electrons. The van der Waals surface area contributed by atoms with Gasteiger partial charge in [0.1, 0.15) is 0 Å². The van der Waals surface area contributed by atoms with Gasteiger partial charge < -0.3 is 4.90 Å². The van der Waals surface area contributed by atoms with Gasteiger partial charge in [-0.3, -0.25) is 0 Å². The van der Waals surface area contributed by atoms with Crippen LogP contribution in [0.3, 0.4) is 0 Å². The van der Waals surface area contributed by atoms with Crippen molar-refractivity contribution >= 4 is 0 Å². The zero-order chi connectivity index (χ0) is 11.1. The molecule has 1 heterocycles. The number of hydrogen-bond donors (Lipinski definition) is 0. The fourth-order valence-corrected chi connectivity index (χ4v) is 3.87. The molecule has 0 aromatic carbocycles. The van der Waals surface area contributed by atoms with Gasteiger partial charge in [-0.1, -0.05) is 13.8 Å². The Hall–Kier alpha value is -0.0400. The van der Waals surface area contributed by atoms with E-state index in [0.717, 1.165) is 23.3 Å². The molecule has 0 aromatic rings. The molecule has 15 heavy (non-hydrogen) atoms. The van der Waals surface area contributed by atoms with Gasteiger partial charge in [-0.15, -0.1) is 0 Å². The molecule has 0 bridgehead atoms. The van der Waals surface area contributed by atoms with E-state index in [4.69, 9.17) is 0 Å². The van der Waals surface area contributed by atoms with Crippen LogP contribution in [-0.4, -0.2) is 24.0 Å². The lowest BCUT2D eigenvalue weighted by Crippen LogP contribution is -2.52. The van der Waals surface area contributed by atoms with Gasteiger partial charge in [-0.05, 0) is 69.9 Å². The first kappa shape index (κ1) is 11.4. The lowest BCUT2D eigenvalue weighted by molar-refractivity contribution is -0.0619. The van der Waals surface area contributed by atoms with Crippen LogP contribution in [0.4, 0.5) is 0 Å². The van der Waals surface area contributed by atoms with Gasteiger partial charge in [0.15, 0.2) is 0 Å². The summed E-state index contributed by atoms with van der Waals surface area (Å²) in [5.74, 6) is 1.94. The molecule has 1 saturated heterocycles. The largest absolute Gasteiger partial charge is 0.301 e. The Labute approximate surface area is 95.2 Å². The zero-order valence-corrected chi connectivity index (χ0v) is 10.9. The Kier molecular flexibility index (Phi) is 3.12. The smallest absolute Gasteiger partial charge is 0.00385 e. The van der Waals surface area contributed by atoms with Crippen LogP contribution in [0.15, 0.2) is 0 Å². The SMILES string of the molecule is CC(C)C1CCC12CCN(C(C)C)CC2. The number of likely N-dealkylation sites (tertiary alicyclic amines) is 1. The van der Waals surface area contributed by atoms with Gasteiger partial charge in [0.25, 0.3) is 0 Å². The maximum absolute atomic E-state index is 2.65. The van der Waals surface area contributed by atoms with Gasteiger partial charge in [-0.2, -0.15) is 0 Å². The number of rotatable bonds is 2. The summed E-state index contributed by atoms with van der Waals surface area (Å²) in [5.41, 5.74) is 0.763. The quantitative estimate of drug-likeness (QED) is 0.672. The van der Waals surface area contributed by atoms with Crippen LogP contribution >= 0.6 is 0 Å². The molecule has 0 amide bonds. The third-order valence-electron chi connectivity index (χ3n) is 5.07. The molecule has 1 spiro atoms. The van der Waals surface area contributed by atoms with E-state index in [9.17, 15) is 0 Å². The van der Waals surface area contributed by atoms with Crippen molar-refractivity contribution in [3.05, 3.63) is 0 Å². The second-order valence-corrected chi connectivity index (χ2v) is 6.38. The summed E-state index contributed by atoms with van der Waals surface area (Å²) in [6.45, 7) is 12.2. The first-order valence-electron chi connectivity index (χ1n) is 6.79. The average molecular weight is 209 g/mol. The minimum Gasteiger partial charge on any atom is -0.301 e. The van der Waals surface area contributed by atoms with E-state index < -0.39 is 0 Å². The van der Waals surface area contributed by atoms with Crippen LogP contribution in [0.1, 0.15) is 53.4 Å². The lowest BCUT2D eigenvalue weighted by Gasteiger charge is -2.56. The van der Waals surface area contributed by atoms with E-state index in [1.807, 2.05) is 0 Å². The van der Waals surface area contributed by atoms with Crippen molar-refractivity contribution in [3.8, 4) is 0 Å². The van der Waals surface area contributed by atoms with Crippen molar-refractivity contribution < 1.29 is 0 Å². The average Bonchev–Trinajstić information content (AvgIpc) is 2.15. The topological polar surface area (TPSA) is 3.24 Å². The summed E-state index contributed by atoms with van der Waals surface area (Å²) in [6, 6.07) is 0.750. The van der Waals surface area contributed by atoms with Crippen molar-refractivity contribution in [2.45, 2.75) is 59.4 Å². The highest BCUT2D eigenvalue weighted by Crippen LogP contribution is 2.56. The second-order valence-electron chi connectivity index (χ2n) is 6.38. The predicted molar refractivity (Wildman–Crippen MR) is 65.9 cm³/mol. The van der Waals surface area contributed by atoms with Crippen LogP contribution in [-0.2, 0) is 0 Å². The van der Waals surface area contributed by atoms with E-state index in [2.05, 4.69) is 32.6 Å². The summed E-state index contributed by atoms with van der Waals surface area (Å²) in [7, 11) is 0. The Morgan fingerprint density at radius 1 is 1.00 bits per heavy atom. The number of piperidine rings is 1. The fraction of sp³-hybridized carbons (Fsp3) is 1.00. The molecule has 1 aliphatic carbocycles. The third-order valence-corrected chi connectivity index (χ3v) is 5.07. The maximum atomic E-state index is 2.65. The summed E-state index contributed by atoms with van der Waals surface area (Å²) in [4.78, 5) is 2.65. The van der Waals surface area contributed by atoms with Crippen LogP contribution in [0.2, 0.25) is 0 Å². The molecule has 0 N–H and O–H groups in total. The van der Waals surface area contributed by atoms with E-state index in [0.29, 0.717) is 0 Å². The molecule has 1 nitrogen and oxygen atoms in total. The lowest BCUT2D eigenvalue weighted by atomic mass is 9.52. The molecule has 2 aliphatic rings. The van der Waals surface area contributed by atoms with E-state index in [-0.39, 0.29) is 0 Å². The van der Waals surface area contributed by atoms with Crippen LogP contribution < -0.4 is 0 Å². The highest BCUT2D eigenvalue weighted by molar-refractivity contribution is 4.99. The van der Waals surface area contributed by atoms with E-state index in [1.54, 1.807) is 0 Å². The minimum atomic E-state index is 0.750. The first-order valence-corrected chi connectivity index (χ1v) is 6.79. The first-order chi connectivity index (χ1) is 7.05. The molecule has 2 rings (SSSR count). The van der Waals surface area contributed by atoms with Crippen molar-refractivity contribution in [1.29, 1.82) is 0 Å². The zero-order valence-electron chi connectivity index (χ0n) is 10.9. The standard InChI is InChI=1S/C14H27N/c1-11(2)13-5-6-14(13)7-9-15(10-8-14)12(3)4/h11-13H,5-10H2,1-4H3. The Morgan fingerprint density at radius 3 is 1.93 bits per heavy atom. The van der Waals surface area contributed by atoms with Crippen LogP contribution in [0.5, 0.6) is 0 Å². The molecular formula is C14H27N. The Balaban J connectivity index is 1.92. The van der Waals surface area contributed by atoms with Gasteiger partial charge in [-0.25, -0.2) is 0 Å². The Morgan fingerprint density at radius 2 is 1.60 bits per heavy atom. The van der Waals surface area contributed by atoms with Gasteiger partial charge in [0, 0.05) is 6.04 Å². The molecule has 1 saturated carbocycles. The van der Waals surface area contributed by atoms with Crippen LogP contribution in [0, 0.1) is 17.3 Å². The van der Waals surface area contributed by atoms with Gasteiger partial charge >= 0.3 is 0 Å². The molecular weight excluding hydrogens is 182 g/mol. The number of hydrogen-bond acceptors (Lipinski definition) is 1. The third kappa shape index (κ3) is 1.95. The molecule has 1 heteroatoms. The Bertz CT molecular complexity index is 211. The van der Waals surface area contributed by atoms with Crippen molar-refractivity contribution in [2.75, 3.05) is 13.1 Å². The molecule has 1 unspecified atom stereocenters. The molecule has 0 radical (unpaired) electrons. The molecule has 0 aromatic heterocycles. The molecule has 1 atom stereocenters. The second kappa shape index (κ2) is 4.08. The summed E-state index contributed by atoms with van der Waals surface area (Å²) in [6.07, 6.45) is 5.95. The highest BCUT2D eigenvalue weighted by Gasteiger charge is 2.48. The minimum absolute atomic E-state index is 0.750. The van der Waals surface area contributed by atoms with Crippen molar-refractivity contribution in [3.63, 3.8) is 0 Å². The van der Waals surface area contributed by atoms with Crippen molar-refractivity contribution in [2.24, 2.45) is 17.3 Å². The van der Waals surface area contributed by atoms with Gasteiger partial charge in [0.2, 0.25) is 0 Å². The highest BCUT2D eigenvalue weighted by atomic mass is 15.2. The molecule has 2 fully saturated rings. The summed E-state index contributed by atoms with van der Waals surface area (Å²) in [5, 5.41) is 0. The maximum Gasteiger partial charge on any atom is 0.00385 e. The molecule has 1 aliphatic heterocycles. The fourth-order valence-electron chi connectivity index (χ4n) is 3.87. The normalized spacial score (nSPS) is 31.2. The number of nitrogens with zero attached hydrogens (tertiary/aromatic N) is 1.